The molecule has 1 aromatic carbocycles. The molecule has 0 aromatic heterocycles. The Morgan fingerprint density at radius 1 is 0.786 bits per heavy atom. The molecule has 0 spiro atoms. The Bertz CT molecular complexity index is 623. The Morgan fingerprint density at radius 2 is 1.25 bits per heavy atom. The largest absolute Gasteiger partial charge is 0.673 e. The maximum absolute atomic E-state index is 9.75. The summed E-state index contributed by atoms with van der Waals surface area (Å²) >= 11 is 0. The van der Waals surface area contributed by atoms with Crippen molar-refractivity contribution < 1.29 is 22.0 Å². The van der Waals surface area contributed by atoms with E-state index < -0.39 is 7.25 Å². The average molecular weight is 403 g/mol. The smallest absolute Gasteiger partial charge is 0.493 e. The number of diazo groups is 2. The molecule has 0 unspecified atom stereocenters. The molecule has 0 aliphatic carbocycles. The number of hydrogen-bond donors (Lipinski definition) is 0. The summed E-state index contributed by atoms with van der Waals surface area (Å²) in [4.78, 5) is 6.11. The lowest BCUT2D eigenvalue weighted by Crippen LogP contribution is -2.02. The quantitative estimate of drug-likeness (QED) is 0.153. The van der Waals surface area contributed by atoms with Crippen molar-refractivity contribution in [2.24, 2.45) is 0 Å². The van der Waals surface area contributed by atoms with Gasteiger partial charge in [-0.25, -0.2) is 0 Å². The zero-order valence-electron chi connectivity index (χ0n) is 16.3. The third-order valence-electron chi connectivity index (χ3n) is 3.93. The van der Waals surface area contributed by atoms with E-state index in [4.69, 9.17) is 15.5 Å². The lowest BCUT2D eigenvalue weighted by Gasteiger charge is -2.05. The van der Waals surface area contributed by atoms with Gasteiger partial charge in [-0.2, -0.15) is 0 Å². The predicted octanol–water partition coefficient (Wildman–Crippen LogP) is 8.26. The summed E-state index contributed by atoms with van der Waals surface area (Å²) in [5, 5.41) is 17.6. The first-order valence-corrected chi connectivity index (χ1v) is 9.66. The molecule has 0 heterocycles. The van der Waals surface area contributed by atoms with Gasteiger partial charge in [0.15, 0.2) is 9.95 Å². The van der Waals surface area contributed by atoms with Crippen molar-refractivity contribution >= 4 is 18.6 Å². The number of benzene rings is 1. The Hall–Kier alpha value is -2.36. The van der Waals surface area contributed by atoms with Crippen LogP contribution >= 0.6 is 0 Å². The van der Waals surface area contributed by atoms with E-state index >= 15 is 0 Å². The van der Waals surface area contributed by atoms with Crippen LogP contribution in [0.25, 0.3) is 9.95 Å². The van der Waals surface area contributed by atoms with Crippen LogP contribution in [0.5, 0.6) is 5.75 Å². The second kappa shape index (κ2) is 15.7. The molecule has 5 nitrogen and oxygen atoms in total. The van der Waals surface area contributed by atoms with Crippen LogP contribution in [0.1, 0.15) is 71.1 Å². The van der Waals surface area contributed by atoms with E-state index in [-0.39, 0.29) is 11.4 Å². The Kier molecular flexibility index (Phi) is 14.4. The minimum atomic E-state index is -6.00. The van der Waals surface area contributed by atoms with Crippen molar-refractivity contribution in [1.29, 1.82) is 10.8 Å². The second-order valence-electron chi connectivity index (χ2n) is 6.38. The summed E-state index contributed by atoms with van der Waals surface area (Å²) in [7, 11) is -6.00. The van der Waals surface area contributed by atoms with Gasteiger partial charge in [0.1, 0.15) is 5.75 Å². The van der Waals surface area contributed by atoms with Gasteiger partial charge < -0.3 is 22.0 Å². The highest BCUT2D eigenvalue weighted by atomic mass is 19.5. The van der Waals surface area contributed by atoms with Gasteiger partial charge in [0.25, 0.3) is 0 Å². The van der Waals surface area contributed by atoms with E-state index in [9.17, 15) is 17.3 Å². The number of rotatable bonds is 12. The molecule has 0 bridgehead atoms. The van der Waals surface area contributed by atoms with Gasteiger partial charge >= 0.3 is 18.6 Å². The van der Waals surface area contributed by atoms with Crippen LogP contribution in [0.3, 0.4) is 0 Å². The minimum absolute atomic E-state index is 0.202. The van der Waals surface area contributed by atoms with E-state index in [2.05, 4.69) is 16.9 Å². The molecule has 0 amide bonds. The van der Waals surface area contributed by atoms with E-state index in [0.717, 1.165) is 6.42 Å². The van der Waals surface area contributed by atoms with Crippen LogP contribution < -0.4 is 4.74 Å². The van der Waals surface area contributed by atoms with Gasteiger partial charge in [-0.05, 0) is 12.5 Å². The van der Waals surface area contributed by atoms with Crippen LogP contribution in [0.15, 0.2) is 18.2 Å². The number of halogens is 4. The SMILES string of the molecule is CCCCCCCCCCCCOc1ccc([N+]#N)c([N+]#N)c1.F[B-](F)(F)F. The zero-order valence-corrected chi connectivity index (χ0v) is 16.3. The lowest BCUT2D eigenvalue weighted by molar-refractivity contribution is 0.304. The summed E-state index contributed by atoms with van der Waals surface area (Å²) in [6, 6.07) is 4.83. The monoisotopic (exact) mass is 403 g/mol. The third-order valence-corrected chi connectivity index (χ3v) is 3.93. The Labute approximate surface area is 163 Å². The van der Waals surface area contributed by atoms with Crippen molar-refractivity contribution in [2.45, 2.75) is 71.1 Å². The van der Waals surface area contributed by atoms with Gasteiger partial charge in [-0.1, -0.05) is 64.7 Å². The molecule has 1 aromatic rings. The normalized spacial score (nSPS) is 10.4. The van der Waals surface area contributed by atoms with E-state index in [1.807, 2.05) is 0 Å². The van der Waals surface area contributed by atoms with Crippen LogP contribution in [0, 0.1) is 10.8 Å². The number of hydrogen-bond acceptors (Lipinski definition) is 3. The van der Waals surface area contributed by atoms with Crippen molar-refractivity contribution in [2.75, 3.05) is 6.61 Å². The summed E-state index contributed by atoms with van der Waals surface area (Å²) in [5.74, 6) is 0.626. The molecular weight excluding hydrogens is 375 g/mol. The molecule has 28 heavy (non-hydrogen) atoms. The van der Waals surface area contributed by atoms with Gasteiger partial charge in [0.05, 0.1) is 12.7 Å². The first-order chi connectivity index (χ1) is 13.3. The predicted molar refractivity (Wildman–Crippen MR) is 103 cm³/mol. The topological polar surface area (TPSA) is 65.5 Å². The average Bonchev–Trinajstić information content (AvgIpc) is 2.64. The van der Waals surface area contributed by atoms with Gasteiger partial charge in [-0.15, -0.1) is 0 Å². The third kappa shape index (κ3) is 15.9. The second-order valence-corrected chi connectivity index (χ2v) is 6.38. The van der Waals surface area contributed by atoms with Crippen molar-refractivity contribution in [3.63, 3.8) is 0 Å². The number of unbranched alkanes of at least 4 members (excludes halogenated alkanes) is 9. The maximum Gasteiger partial charge on any atom is 0.673 e. The van der Waals surface area contributed by atoms with Crippen LogP contribution in [0.2, 0.25) is 0 Å². The molecule has 10 heteroatoms. The zero-order chi connectivity index (χ0) is 21.3. The van der Waals surface area contributed by atoms with E-state index in [0.29, 0.717) is 12.4 Å². The highest BCUT2D eigenvalue weighted by Crippen LogP contribution is 2.32. The molecule has 0 atom stereocenters. The Morgan fingerprint density at radius 3 is 1.71 bits per heavy atom. The van der Waals surface area contributed by atoms with Gasteiger partial charge in [-0.3, -0.25) is 0 Å². The summed E-state index contributed by atoms with van der Waals surface area (Å²) < 4.78 is 44.6. The molecule has 0 aliphatic rings. The fraction of sp³-hybridized carbons (Fsp3) is 0.667. The molecule has 0 aliphatic heterocycles. The summed E-state index contributed by atoms with van der Waals surface area (Å²) in [6.07, 6.45) is 12.9. The fourth-order valence-electron chi connectivity index (χ4n) is 2.54. The standard InChI is InChI=1S/C18H28N4O.BF4/c1-2-3-4-5-6-7-8-9-10-11-14-23-16-12-13-17(21-19)18(15-16)22-20;2-1(3,4)5/h12-13,15H,2-11,14H2,1H3;/q+2;-1. The number of nitrogens with zero attached hydrogens (tertiary/aromatic N) is 4. The van der Waals surface area contributed by atoms with Crippen molar-refractivity contribution in [3.8, 4) is 5.75 Å². The van der Waals surface area contributed by atoms with Crippen LogP contribution in [-0.4, -0.2) is 13.9 Å². The lowest BCUT2D eigenvalue weighted by atomic mass is 10.1. The maximum atomic E-state index is 9.75. The van der Waals surface area contributed by atoms with Gasteiger partial charge in [0, 0.05) is 6.07 Å². The first-order valence-electron chi connectivity index (χ1n) is 9.66. The molecular formula is C18H28BF4N4O+. The summed E-state index contributed by atoms with van der Waals surface area (Å²) in [6.45, 7) is 2.90. The molecule has 0 radical (unpaired) electrons. The molecule has 1 rings (SSSR count). The molecule has 0 saturated carbocycles. The van der Waals surface area contributed by atoms with E-state index in [1.54, 1.807) is 18.2 Å². The minimum Gasteiger partial charge on any atom is -0.493 e. The molecule has 0 fully saturated rings. The molecule has 0 N–H and O–H groups in total. The highest BCUT2D eigenvalue weighted by molar-refractivity contribution is 6.50. The Balaban J connectivity index is 0.00000129. The first kappa shape index (κ1) is 25.6. The van der Waals surface area contributed by atoms with Gasteiger partial charge in [0.2, 0.25) is 10.8 Å². The highest BCUT2D eigenvalue weighted by Gasteiger charge is 2.25. The van der Waals surface area contributed by atoms with E-state index in [1.165, 1.54) is 57.8 Å². The van der Waals surface area contributed by atoms with Crippen molar-refractivity contribution in [3.05, 3.63) is 28.2 Å². The molecule has 0 saturated heterocycles. The summed E-state index contributed by atoms with van der Waals surface area (Å²) in [5.41, 5.74) is 0.423. The fourth-order valence-corrected chi connectivity index (χ4v) is 2.54. The molecule has 156 valence electrons. The van der Waals surface area contributed by atoms with Crippen molar-refractivity contribution in [1.82, 2.24) is 0 Å². The van der Waals surface area contributed by atoms with Crippen LogP contribution in [0.4, 0.5) is 28.6 Å². The van der Waals surface area contributed by atoms with Crippen LogP contribution in [-0.2, 0) is 0 Å². The number of ether oxygens (including phenoxy) is 1.